The van der Waals surface area contributed by atoms with Crippen LogP contribution >= 0.6 is 50.9 Å². The van der Waals surface area contributed by atoms with Crippen molar-refractivity contribution in [2.24, 2.45) is 0 Å². The van der Waals surface area contributed by atoms with Gasteiger partial charge in [0.25, 0.3) is 0 Å². The fourth-order valence-corrected chi connectivity index (χ4v) is 4.50. The van der Waals surface area contributed by atoms with Gasteiger partial charge in [0.2, 0.25) is 5.91 Å². The highest BCUT2D eigenvalue weighted by Crippen LogP contribution is 2.39. The number of hydrogen-bond donors (Lipinski definition) is 0. The smallest absolute Gasteiger partial charge is 0.246 e. The van der Waals surface area contributed by atoms with Crippen molar-refractivity contribution in [3.05, 3.63) is 62.6 Å². The lowest BCUT2D eigenvalue weighted by atomic mass is 10.2. The van der Waals surface area contributed by atoms with Gasteiger partial charge in [-0.3, -0.25) is 4.79 Å². The van der Waals surface area contributed by atoms with Gasteiger partial charge in [-0.15, -0.1) is 0 Å². The quantitative estimate of drug-likeness (QED) is 0.528. The van der Waals surface area contributed by atoms with E-state index in [1.54, 1.807) is 11.0 Å². The summed E-state index contributed by atoms with van der Waals surface area (Å²) in [5, 5.41) is 0.926. The van der Waals surface area contributed by atoms with Gasteiger partial charge in [-0.05, 0) is 35.9 Å². The molecule has 0 aromatic heterocycles. The van der Waals surface area contributed by atoms with Gasteiger partial charge in [0, 0.05) is 33.4 Å². The minimum Gasteiger partial charge on any atom is -0.378 e. The van der Waals surface area contributed by atoms with Crippen LogP contribution in [-0.2, 0) is 9.53 Å². The summed E-state index contributed by atoms with van der Waals surface area (Å²) in [5.74, 6) is -0.0481. The number of amides is 1. The number of rotatable bonds is 4. The summed E-state index contributed by atoms with van der Waals surface area (Å²) in [6, 6.07) is 11.8. The van der Waals surface area contributed by atoms with E-state index in [9.17, 15) is 4.79 Å². The Morgan fingerprint density at radius 3 is 2.65 bits per heavy atom. The molecule has 1 aliphatic rings. The maximum atomic E-state index is 12.2. The maximum absolute atomic E-state index is 12.2. The van der Waals surface area contributed by atoms with E-state index in [-0.39, 0.29) is 5.91 Å². The Morgan fingerprint density at radius 2 is 1.92 bits per heavy atom. The molecule has 0 radical (unpaired) electrons. The molecule has 136 valence electrons. The van der Waals surface area contributed by atoms with E-state index in [1.807, 2.05) is 36.4 Å². The van der Waals surface area contributed by atoms with Crippen LogP contribution in [0.4, 0.5) is 0 Å². The van der Waals surface area contributed by atoms with Crippen LogP contribution in [0.5, 0.6) is 0 Å². The molecule has 3 nitrogen and oxygen atoms in total. The second kappa shape index (κ2) is 9.29. The summed E-state index contributed by atoms with van der Waals surface area (Å²) in [6.45, 7) is 2.38. The second-order valence-corrected chi connectivity index (χ2v) is 8.40. The van der Waals surface area contributed by atoms with Crippen LogP contribution < -0.4 is 0 Å². The van der Waals surface area contributed by atoms with Crippen LogP contribution in [0.25, 0.3) is 6.08 Å². The zero-order valence-corrected chi connectivity index (χ0v) is 17.7. The monoisotopic (exact) mass is 471 g/mol. The van der Waals surface area contributed by atoms with E-state index in [4.69, 9.17) is 27.9 Å². The normalized spacial score (nSPS) is 14.8. The molecule has 0 saturated carbocycles. The number of carbonyl (C=O) groups excluding carboxylic acids is 1. The van der Waals surface area contributed by atoms with E-state index in [0.717, 1.165) is 19.8 Å². The molecule has 0 spiro atoms. The molecule has 3 rings (SSSR count). The Morgan fingerprint density at radius 1 is 1.15 bits per heavy atom. The average Bonchev–Trinajstić information content (AvgIpc) is 2.65. The first kappa shape index (κ1) is 19.8. The van der Waals surface area contributed by atoms with Crippen molar-refractivity contribution >= 4 is 62.9 Å². The first-order valence-electron chi connectivity index (χ1n) is 8.01. The maximum Gasteiger partial charge on any atom is 0.246 e. The zero-order valence-electron chi connectivity index (χ0n) is 13.8. The van der Waals surface area contributed by atoms with E-state index < -0.39 is 0 Å². The van der Waals surface area contributed by atoms with Gasteiger partial charge in [-0.2, -0.15) is 0 Å². The number of hydrogen-bond acceptors (Lipinski definition) is 3. The summed E-state index contributed by atoms with van der Waals surface area (Å²) in [7, 11) is 0. The predicted molar refractivity (Wildman–Crippen MR) is 111 cm³/mol. The van der Waals surface area contributed by atoms with Crippen LogP contribution in [0, 0.1) is 0 Å². The van der Waals surface area contributed by atoms with Crippen molar-refractivity contribution in [1.82, 2.24) is 4.90 Å². The summed E-state index contributed by atoms with van der Waals surface area (Å²) in [5.41, 5.74) is 0.719. The first-order chi connectivity index (χ1) is 12.5. The van der Waals surface area contributed by atoms with E-state index in [0.29, 0.717) is 36.3 Å². The topological polar surface area (TPSA) is 29.5 Å². The number of halogens is 3. The van der Waals surface area contributed by atoms with Gasteiger partial charge in [-0.1, -0.05) is 63.0 Å². The summed E-state index contributed by atoms with van der Waals surface area (Å²) >= 11 is 17.9. The standard InChI is InChI=1S/C19H16BrCl2NO2S/c20-14-2-1-3-15(12-14)26-16-6-4-13(18(21)19(16)22)5-7-17(24)23-8-10-25-11-9-23/h1-7,12H,8-11H2/b7-5+. The van der Waals surface area contributed by atoms with Crippen molar-refractivity contribution in [2.75, 3.05) is 26.3 Å². The van der Waals surface area contributed by atoms with Crippen molar-refractivity contribution in [2.45, 2.75) is 9.79 Å². The molecule has 1 heterocycles. The van der Waals surface area contributed by atoms with Crippen LogP contribution in [0.2, 0.25) is 10.0 Å². The highest BCUT2D eigenvalue weighted by Gasteiger charge is 2.15. The Balaban J connectivity index is 1.74. The number of carbonyl (C=O) groups is 1. The summed E-state index contributed by atoms with van der Waals surface area (Å²) in [6.07, 6.45) is 3.24. The Bertz CT molecular complexity index is 838. The van der Waals surface area contributed by atoms with Crippen LogP contribution in [0.15, 0.2) is 56.7 Å². The second-order valence-electron chi connectivity index (χ2n) is 5.61. The minimum absolute atomic E-state index is 0.0481. The third kappa shape index (κ3) is 5.05. The Kier molecular flexibility index (Phi) is 7.06. The molecular weight excluding hydrogens is 457 g/mol. The predicted octanol–water partition coefficient (Wildman–Crippen LogP) is 5.78. The molecule has 1 amide bonds. The van der Waals surface area contributed by atoms with Gasteiger partial charge in [-0.25, -0.2) is 0 Å². The van der Waals surface area contributed by atoms with Crippen molar-refractivity contribution in [1.29, 1.82) is 0 Å². The van der Waals surface area contributed by atoms with Crippen molar-refractivity contribution < 1.29 is 9.53 Å². The molecular formula is C19H16BrCl2NO2S. The van der Waals surface area contributed by atoms with E-state index in [2.05, 4.69) is 15.9 Å². The molecule has 7 heteroatoms. The molecule has 1 fully saturated rings. The van der Waals surface area contributed by atoms with Gasteiger partial charge in [0.1, 0.15) is 0 Å². The highest BCUT2D eigenvalue weighted by atomic mass is 79.9. The van der Waals surface area contributed by atoms with Crippen LogP contribution in [0.1, 0.15) is 5.56 Å². The molecule has 0 atom stereocenters. The number of nitrogens with zero attached hydrogens (tertiary/aromatic N) is 1. The molecule has 2 aromatic carbocycles. The highest BCUT2D eigenvalue weighted by molar-refractivity contribution is 9.10. The van der Waals surface area contributed by atoms with Gasteiger partial charge >= 0.3 is 0 Å². The fourth-order valence-electron chi connectivity index (χ4n) is 2.46. The number of ether oxygens (including phenoxy) is 1. The van der Waals surface area contributed by atoms with Gasteiger partial charge < -0.3 is 9.64 Å². The number of morpholine rings is 1. The van der Waals surface area contributed by atoms with Crippen molar-refractivity contribution in [3.63, 3.8) is 0 Å². The van der Waals surface area contributed by atoms with Gasteiger partial charge in [0.15, 0.2) is 0 Å². The molecule has 26 heavy (non-hydrogen) atoms. The SMILES string of the molecule is O=C(/C=C/c1ccc(Sc2cccc(Br)c2)c(Cl)c1Cl)N1CCOCC1. The fraction of sp³-hybridized carbons (Fsp3) is 0.211. The minimum atomic E-state index is -0.0481. The molecule has 0 unspecified atom stereocenters. The molecule has 1 saturated heterocycles. The zero-order chi connectivity index (χ0) is 18.5. The van der Waals surface area contributed by atoms with Crippen LogP contribution in [0.3, 0.4) is 0 Å². The van der Waals surface area contributed by atoms with Crippen molar-refractivity contribution in [3.8, 4) is 0 Å². The Labute approximate surface area is 175 Å². The largest absolute Gasteiger partial charge is 0.378 e. The summed E-state index contributed by atoms with van der Waals surface area (Å²) in [4.78, 5) is 15.9. The van der Waals surface area contributed by atoms with E-state index in [1.165, 1.54) is 17.8 Å². The summed E-state index contributed by atoms with van der Waals surface area (Å²) < 4.78 is 6.26. The van der Waals surface area contributed by atoms with Crippen LogP contribution in [-0.4, -0.2) is 37.1 Å². The third-order valence-corrected chi connectivity index (χ3v) is 6.38. The van der Waals surface area contributed by atoms with E-state index >= 15 is 0 Å². The third-order valence-electron chi connectivity index (χ3n) is 3.83. The molecule has 1 aliphatic heterocycles. The lowest BCUT2D eigenvalue weighted by Crippen LogP contribution is -2.39. The molecule has 0 N–H and O–H groups in total. The lowest BCUT2D eigenvalue weighted by molar-refractivity contribution is -0.129. The molecule has 0 aliphatic carbocycles. The average molecular weight is 473 g/mol. The first-order valence-corrected chi connectivity index (χ1v) is 10.4. The van der Waals surface area contributed by atoms with Gasteiger partial charge in [0.05, 0.1) is 23.3 Å². The lowest BCUT2D eigenvalue weighted by Gasteiger charge is -2.25. The number of benzene rings is 2. The molecule has 0 bridgehead atoms. The molecule has 2 aromatic rings. The Hall–Kier alpha value is -0.980.